The molecule has 104 valence electrons. The number of aromatic amines is 1. The average molecular weight is 336 g/mol. The molecule has 1 aromatic heterocycles. The Morgan fingerprint density at radius 3 is 2.65 bits per heavy atom. The molecular weight excluding hydrogens is 322 g/mol. The Morgan fingerprint density at radius 1 is 1.35 bits per heavy atom. The fourth-order valence-corrected chi connectivity index (χ4v) is 2.24. The summed E-state index contributed by atoms with van der Waals surface area (Å²) in [6.45, 7) is 1.76. The summed E-state index contributed by atoms with van der Waals surface area (Å²) in [5.74, 6) is -0.403. The van der Waals surface area contributed by atoms with Crippen molar-refractivity contribution in [3.8, 4) is 0 Å². The second-order valence-electron chi connectivity index (χ2n) is 4.46. The van der Waals surface area contributed by atoms with Crippen LogP contribution in [0.5, 0.6) is 0 Å². The van der Waals surface area contributed by atoms with E-state index in [2.05, 4.69) is 20.9 Å². The van der Waals surface area contributed by atoms with Crippen molar-refractivity contribution >= 4 is 33.2 Å². The maximum absolute atomic E-state index is 12.4. The largest absolute Gasteiger partial charge is 0.397 e. The minimum absolute atomic E-state index is 0.0837. The Kier molecular flexibility index (Phi) is 3.94. The van der Waals surface area contributed by atoms with E-state index < -0.39 is 5.91 Å². The molecule has 2 aromatic rings. The summed E-state index contributed by atoms with van der Waals surface area (Å²) in [7, 11) is 1.58. The zero-order chi connectivity index (χ0) is 14.9. The smallest absolute Gasteiger partial charge is 0.263 e. The summed E-state index contributed by atoms with van der Waals surface area (Å²) in [5.41, 5.74) is 7.38. The number of nitrogens with two attached hydrogens (primary N) is 1. The Morgan fingerprint density at radius 2 is 2.05 bits per heavy atom. The van der Waals surface area contributed by atoms with Crippen molar-refractivity contribution < 1.29 is 4.79 Å². The number of nitrogen functional groups attached to an aromatic ring is 1. The predicted molar refractivity (Wildman–Crippen MR) is 83.1 cm³/mol. The summed E-state index contributed by atoms with van der Waals surface area (Å²) in [4.78, 5) is 28.4. The van der Waals surface area contributed by atoms with Gasteiger partial charge in [0.2, 0.25) is 0 Å². The molecule has 1 heterocycles. The number of nitrogens with one attached hydrogen (secondary N) is 1. The van der Waals surface area contributed by atoms with Gasteiger partial charge in [0.1, 0.15) is 5.56 Å². The zero-order valence-corrected chi connectivity index (χ0v) is 12.7. The average Bonchev–Trinajstić information content (AvgIpc) is 2.37. The number of halogens is 1. The molecule has 1 amide bonds. The van der Waals surface area contributed by atoms with Crippen molar-refractivity contribution in [2.24, 2.45) is 0 Å². The molecule has 1 aromatic carbocycles. The van der Waals surface area contributed by atoms with E-state index in [9.17, 15) is 9.59 Å². The molecule has 0 aliphatic heterocycles. The first-order valence-corrected chi connectivity index (χ1v) is 6.72. The summed E-state index contributed by atoms with van der Waals surface area (Å²) in [5, 5.41) is 0. The van der Waals surface area contributed by atoms with E-state index in [4.69, 9.17) is 5.73 Å². The molecule has 0 fully saturated rings. The maximum Gasteiger partial charge on any atom is 0.263 e. The first kappa shape index (κ1) is 14.3. The number of pyridine rings is 1. The number of hydrogen-bond donors (Lipinski definition) is 2. The Labute approximate surface area is 124 Å². The van der Waals surface area contributed by atoms with Gasteiger partial charge in [-0.15, -0.1) is 0 Å². The number of amides is 1. The lowest BCUT2D eigenvalue weighted by molar-refractivity contribution is 0.0991. The molecule has 0 saturated carbocycles. The van der Waals surface area contributed by atoms with Crippen molar-refractivity contribution in [1.29, 1.82) is 0 Å². The molecule has 0 atom stereocenters. The van der Waals surface area contributed by atoms with Gasteiger partial charge in [-0.2, -0.15) is 0 Å². The normalized spacial score (nSPS) is 10.3. The highest BCUT2D eigenvalue weighted by Gasteiger charge is 2.18. The number of nitrogens with zero attached hydrogens (tertiary/aromatic N) is 1. The van der Waals surface area contributed by atoms with Gasteiger partial charge in [0, 0.05) is 29.5 Å². The van der Waals surface area contributed by atoms with Gasteiger partial charge in [0.15, 0.2) is 5.43 Å². The van der Waals surface area contributed by atoms with Gasteiger partial charge in [-0.25, -0.2) is 0 Å². The number of carbonyl (C=O) groups excluding carboxylic acids is 1. The van der Waals surface area contributed by atoms with Crippen LogP contribution in [-0.4, -0.2) is 17.9 Å². The summed E-state index contributed by atoms with van der Waals surface area (Å²) < 4.78 is 0.827. The number of benzene rings is 1. The third-order valence-electron chi connectivity index (χ3n) is 2.94. The molecule has 0 unspecified atom stereocenters. The lowest BCUT2D eigenvalue weighted by Gasteiger charge is -2.19. The van der Waals surface area contributed by atoms with Crippen LogP contribution in [-0.2, 0) is 0 Å². The van der Waals surface area contributed by atoms with Gasteiger partial charge in [-0.1, -0.05) is 15.9 Å². The van der Waals surface area contributed by atoms with Gasteiger partial charge in [-0.3, -0.25) is 9.59 Å². The van der Waals surface area contributed by atoms with Crippen LogP contribution in [0.2, 0.25) is 0 Å². The number of H-pyrrole nitrogens is 1. The zero-order valence-electron chi connectivity index (χ0n) is 11.1. The quantitative estimate of drug-likeness (QED) is 0.826. The maximum atomic E-state index is 12.4. The Bertz CT molecular complexity index is 725. The third kappa shape index (κ3) is 2.75. The van der Waals surface area contributed by atoms with Gasteiger partial charge in [0.05, 0.1) is 11.4 Å². The van der Waals surface area contributed by atoms with E-state index in [1.165, 1.54) is 17.2 Å². The van der Waals surface area contributed by atoms with Gasteiger partial charge < -0.3 is 15.6 Å². The Hall–Kier alpha value is -2.08. The number of aromatic nitrogens is 1. The van der Waals surface area contributed by atoms with Crippen molar-refractivity contribution in [3.63, 3.8) is 0 Å². The first-order valence-electron chi connectivity index (χ1n) is 5.92. The molecular formula is C14H14BrN3O2. The molecule has 2 rings (SSSR count). The van der Waals surface area contributed by atoms with Crippen LogP contribution in [0.3, 0.4) is 0 Å². The van der Waals surface area contributed by atoms with Gasteiger partial charge in [-0.05, 0) is 25.1 Å². The lowest BCUT2D eigenvalue weighted by Crippen LogP contribution is -2.31. The molecule has 0 radical (unpaired) electrons. The van der Waals surface area contributed by atoms with Crippen LogP contribution in [0.4, 0.5) is 11.4 Å². The number of carbonyl (C=O) groups is 1. The molecule has 0 spiro atoms. The molecule has 6 heteroatoms. The summed E-state index contributed by atoms with van der Waals surface area (Å²) >= 11 is 3.31. The SMILES string of the molecule is Cc1cc(=O)c(C(=O)N(C)c2ccc(Br)cc2N)c[nH]1. The highest BCUT2D eigenvalue weighted by Crippen LogP contribution is 2.26. The molecule has 0 saturated heterocycles. The van der Waals surface area contributed by atoms with E-state index in [1.54, 1.807) is 32.2 Å². The first-order chi connectivity index (χ1) is 9.40. The topological polar surface area (TPSA) is 79.2 Å². The highest BCUT2D eigenvalue weighted by molar-refractivity contribution is 9.10. The van der Waals surface area contributed by atoms with Crippen LogP contribution in [0.15, 0.2) is 39.7 Å². The fourth-order valence-electron chi connectivity index (χ4n) is 1.86. The molecule has 3 N–H and O–H groups in total. The standard InChI is InChI=1S/C14H14BrN3O2/c1-8-5-13(19)10(7-17-8)14(20)18(2)12-4-3-9(15)6-11(12)16/h3-7H,16H2,1-2H3,(H,17,19). The number of aryl methyl sites for hydroxylation is 1. The molecule has 0 aliphatic carbocycles. The van der Waals surface area contributed by atoms with E-state index in [-0.39, 0.29) is 11.0 Å². The van der Waals surface area contributed by atoms with Crippen LogP contribution >= 0.6 is 15.9 Å². The number of anilines is 2. The van der Waals surface area contributed by atoms with Crippen molar-refractivity contribution in [1.82, 2.24) is 4.98 Å². The van der Waals surface area contributed by atoms with Crippen LogP contribution in [0.1, 0.15) is 16.1 Å². The number of rotatable bonds is 2. The Balaban J connectivity index is 2.40. The van der Waals surface area contributed by atoms with Crippen LogP contribution < -0.4 is 16.1 Å². The lowest BCUT2D eigenvalue weighted by atomic mass is 10.2. The van der Waals surface area contributed by atoms with E-state index in [0.717, 1.165) is 4.47 Å². The fraction of sp³-hybridized carbons (Fsp3) is 0.143. The van der Waals surface area contributed by atoms with Gasteiger partial charge >= 0.3 is 0 Å². The second kappa shape index (κ2) is 5.50. The summed E-state index contributed by atoms with van der Waals surface area (Å²) in [6.07, 6.45) is 1.42. The molecule has 20 heavy (non-hydrogen) atoms. The van der Waals surface area contributed by atoms with Gasteiger partial charge in [0.25, 0.3) is 5.91 Å². The minimum Gasteiger partial charge on any atom is -0.397 e. The molecule has 0 aliphatic rings. The molecule has 0 bridgehead atoms. The van der Waals surface area contributed by atoms with E-state index >= 15 is 0 Å². The van der Waals surface area contributed by atoms with Crippen molar-refractivity contribution in [2.45, 2.75) is 6.92 Å². The van der Waals surface area contributed by atoms with E-state index in [0.29, 0.717) is 17.1 Å². The third-order valence-corrected chi connectivity index (χ3v) is 3.44. The van der Waals surface area contributed by atoms with Crippen molar-refractivity contribution in [3.05, 3.63) is 56.4 Å². The summed E-state index contributed by atoms with van der Waals surface area (Å²) in [6, 6.07) is 6.61. The second-order valence-corrected chi connectivity index (χ2v) is 5.38. The van der Waals surface area contributed by atoms with Crippen molar-refractivity contribution in [2.75, 3.05) is 17.7 Å². The van der Waals surface area contributed by atoms with E-state index in [1.807, 2.05) is 0 Å². The highest BCUT2D eigenvalue weighted by atomic mass is 79.9. The molecule has 5 nitrogen and oxygen atoms in total. The van der Waals surface area contributed by atoms with Crippen LogP contribution in [0.25, 0.3) is 0 Å². The monoisotopic (exact) mass is 335 g/mol. The van der Waals surface area contributed by atoms with Crippen LogP contribution in [0, 0.1) is 6.92 Å². The minimum atomic E-state index is -0.403. The predicted octanol–water partition coefficient (Wildman–Crippen LogP) is 2.30. The number of hydrogen-bond acceptors (Lipinski definition) is 3.